The Labute approximate surface area is 104 Å². The standard InChI is InChI=1S/C12H15N3O3/c1-7(2)6-15-11-8(5-14-15)10(16)9(4-13-11)12(17)18-3/h4-5,7H,6H2,1-3H3,(H,13,16). The van der Waals surface area contributed by atoms with E-state index in [2.05, 4.69) is 28.7 Å². The Morgan fingerprint density at radius 2 is 2.28 bits per heavy atom. The number of ether oxygens (including phenoxy) is 1. The minimum absolute atomic E-state index is 0.00547. The number of nitrogens with one attached hydrogen (secondary N) is 1. The zero-order valence-corrected chi connectivity index (χ0v) is 10.6. The van der Waals surface area contributed by atoms with Crippen LogP contribution in [0, 0.1) is 5.92 Å². The first-order chi connectivity index (χ1) is 8.54. The smallest absolute Gasteiger partial charge is 0.343 e. The van der Waals surface area contributed by atoms with Crippen LogP contribution < -0.4 is 5.43 Å². The van der Waals surface area contributed by atoms with Crippen LogP contribution in [0.5, 0.6) is 0 Å². The second kappa shape index (κ2) is 4.64. The molecule has 2 rings (SSSR count). The Kier molecular flexibility index (Phi) is 3.18. The van der Waals surface area contributed by atoms with Crippen LogP contribution in [-0.2, 0) is 11.3 Å². The van der Waals surface area contributed by atoms with Crippen molar-refractivity contribution in [2.45, 2.75) is 20.4 Å². The molecule has 2 aromatic heterocycles. The molecule has 18 heavy (non-hydrogen) atoms. The van der Waals surface area contributed by atoms with Gasteiger partial charge in [0.25, 0.3) is 0 Å². The molecule has 0 unspecified atom stereocenters. The maximum absolute atomic E-state index is 12.1. The van der Waals surface area contributed by atoms with Crippen molar-refractivity contribution in [1.82, 2.24) is 14.8 Å². The summed E-state index contributed by atoms with van der Waals surface area (Å²) >= 11 is 0. The molecule has 0 bridgehead atoms. The third kappa shape index (κ3) is 2.01. The van der Waals surface area contributed by atoms with Crippen molar-refractivity contribution in [3.05, 3.63) is 28.2 Å². The van der Waals surface area contributed by atoms with Gasteiger partial charge in [-0.2, -0.15) is 5.10 Å². The lowest BCUT2D eigenvalue weighted by molar-refractivity contribution is 0.0599. The highest BCUT2D eigenvalue weighted by Crippen LogP contribution is 2.10. The van der Waals surface area contributed by atoms with Crippen molar-refractivity contribution in [2.75, 3.05) is 7.11 Å². The highest BCUT2D eigenvalue weighted by atomic mass is 16.5. The number of H-pyrrole nitrogens is 1. The number of hydrogen-bond acceptors (Lipinski definition) is 4. The zero-order valence-electron chi connectivity index (χ0n) is 10.6. The summed E-state index contributed by atoms with van der Waals surface area (Å²) in [7, 11) is 1.24. The molecule has 0 aromatic carbocycles. The van der Waals surface area contributed by atoms with Gasteiger partial charge < -0.3 is 9.72 Å². The number of esters is 1. The van der Waals surface area contributed by atoms with Gasteiger partial charge in [-0.15, -0.1) is 0 Å². The number of carbonyl (C=O) groups excluding carboxylic acids is 1. The molecule has 0 spiro atoms. The summed E-state index contributed by atoms with van der Waals surface area (Å²) in [5.74, 6) is -0.230. The van der Waals surface area contributed by atoms with Gasteiger partial charge in [0, 0.05) is 12.7 Å². The summed E-state index contributed by atoms with van der Waals surface area (Å²) in [5.41, 5.74) is 0.265. The first-order valence-electron chi connectivity index (χ1n) is 5.70. The number of rotatable bonds is 3. The second-order valence-electron chi connectivity index (χ2n) is 4.51. The molecule has 0 saturated carbocycles. The summed E-state index contributed by atoms with van der Waals surface area (Å²) in [5, 5.41) is 4.56. The van der Waals surface area contributed by atoms with E-state index in [-0.39, 0.29) is 11.0 Å². The van der Waals surface area contributed by atoms with Crippen molar-refractivity contribution in [1.29, 1.82) is 0 Å². The highest BCUT2D eigenvalue weighted by molar-refractivity contribution is 5.92. The molecule has 6 heteroatoms. The van der Waals surface area contributed by atoms with Gasteiger partial charge in [-0.25, -0.2) is 9.48 Å². The first kappa shape index (κ1) is 12.3. The van der Waals surface area contributed by atoms with E-state index in [1.807, 2.05) is 0 Å². The van der Waals surface area contributed by atoms with Gasteiger partial charge >= 0.3 is 5.97 Å². The lowest BCUT2D eigenvalue weighted by atomic mass is 10.2. The maximum atomic E-state index is 12.1. The Bertz CT molecular complexity index is 640. The van der Waals surface area contributed by atoms with Crippen LogP contribution in [0.4, 0.5) is 0 Å². The minimum Gasteiger partial charge on any atom is -0.465 e. The molecule has 0 aliphatic heterocycles. The van der Waals surface area contributed by atoms with Crippen LogP contribution in [0.2, 0.25) is 0 Å². The van der Waals surface area contributed by atoms with Crippen molar-refractivity contribution in [3.8, 4) is 0 Å². The third-order valence-electron chi connectivity index (χ3n) is 2.63. The summed E-state index contributed by atoms with van der Waals surface area (Å²) < 4.78 is 6.28. The molecule has 1 N–H and O–H groups in total. The normalized spacial score (nSPS) is 11.1. The Morgan fingerprint density at radius 3 is 2.89 bits per heavy atom. The van der Waals surface area contributed by atoms with E-state index in [1.165, 1.54) is 19.5 Å². The molecule has 2 heterocycles. The fourth-order valence-electron chi connectivity index (χ4n) is 1.80. The molecule has 0 aliphatic carbocycles. The third-order valence-corrected chi connectivity index (χ3v) is 2.63. The van der Waals surface area contributed by atoms with E-state index in [4.69, 9.17) is 0 Å². The van der Waals surface area contributed by atoms with Gasteiger partial charge in [-0.05, 0) is 5.92 Å². The van der Waals surface area contributed by atoms with Gasteiger partial charge in [0.05, 0.1) is 18.7 Å². The van der Waals surface area contributed by atoms with E-state index in [0.29, 0.717) is 23.5 Å². The van der Waals surface area contributed by atoms with Crippen LogP contribution in [0.3, 0.4) is 0 Å². The monoisotopic (exact) mass is 249 g/mol. The predicted molar refractivity (Wildman–Crippen MR) is 66.5 cm³/mol. The molecule has 0 radical (unpaired) electrons. The van der Waals surface area contributed by atoms with Gasteiger partial charge in [-0.1, -0.05) is 13.8 Å². The fraction of sp³-hybridized carbons (Fsp3) is 0.417. The summed E-state index contributed by atoms with van der Waals surface area (Å²) in [6.45, 7) is 4.83. The predicted octanol–water partition coefficient (Wildman–Crippen LogP) is 1.17. The lowest BCUT2D eigenvalue weighted by Gasteiger charge is -2.06. The molecule has 0 saturated heterocycles. The number of fused-ring (bicyclic) bond motifs is 1. The molecule has 0 aliphatic rings. The van der Waals surface area contributed by atoms with E-state index in [1.54, 1.807) is 4.68 Å². The Hall–Kier alpha value is -2.11. The molecule has 0 amide bonds. The first-order valence-corrected chi connectivity index (χ1v) is 5.70. The molecular formula is C12H15N3O3. The number of aromatic nitrogens is 3. The molecule has 6 nitrogen and oxygen atoms in total. The summed E-state index contributed by atoms with van der Waals surface area (Å²) in [6.07, 6.45) is 2.85. The van der Waals surface area contributed by atoms with Crippen LogP contribution in [-0.4, -0.2) is 27.8 Å². The number of pyridine rings is 1. The van der Waals surface area contributed by atoms with Gasteiger partial charge in [0.2, 0.25) is 5.43 Å². The summed E-state index contributed by atoms with van der Waals surface area (Å²) in [4.78, 5) is 26.4. The quantitative estimate of drug-likeness (QED) is 0.828. The highest BCUT2D eigenvalue weighted by Gasteiger charge is 2.15. The van der Waals surface area contributed by atoms with E-state index >= 15 is 0 Å². The van der Waals surface area contributed by atoms with Crippen molar-refractivity contribution >= 4 is 17.0 Å². The molecule has 0 fully saturated rings. The molecule has 2 aromatic rings. The number of aromatic amines is 1. The topological polar surface area (TPSA) is 77.0 Å². The minimum atomic E-state index is -0.644. The zero-order chi connectivity index (χ0) is 13.3. The van der Waals surface area contributed by atoms with Crippen LogP contribution >= 0.6 is 0 Å². The number of nitrogens with zero attached hydrogens (tertiary/aromatic N) is 2. The lowest BCUT2D eigenvalue weighted by Crippen LogP contribution is -2.17. The SMILES string of the molecule is COC(=O)c1c[nH]c2c(cnn2CC(C)C)c1=O. The average Bonchev–Trinajstić information content (AvgIpc) is 2.72. The average molecular weight is 249 g/mol. The molecule has 0 atom stereocenters. The largest absolute Gasteiger partial charge is 0.465 e. The molecular weight excluding hydrogens is 234 g/mol. The van der Waals surface area contributed by atoms with Crippen molar-refractivity contribution in [2.24, 2.45) is 5.92 Å². The maximum Gasteiger partial charge on any atom is 0.343 e. The van der Waals surface area contributed by atoms with Crippen LogP contribution in [0.15, 0.2) is 17.2 Å². The fourth-order valence-corrected chi connectivity index (χ4v) is 1.80. The van der Waals surface area contributed by atoms with Gasteiger partial charge in [0.15, 0.2) is 0 Å². The van der Waals surface area contributed by atoms with Crippen LogP contribution in [0.1, 0.15) is 24.2 Å². The Balaban J connectivity index is 2.57. The van der Waals surface area contributed by atoms with Crippen LogP contribution in [0.25, 0.3) is 11.0 Å². The van der Waals surface area contributed by atoms with Gasteiger partial charge in [0.1, 0.15) is 11.2 Å². The van der Waals surface area contributed by atoms with E-state index in [9.17, 15) is 9.59 Å². The van der Waals surface area contributed by atoms with Crippen molar-refractivity contribution in [3.63, 3.8) is 0 Å². The number of carbonyl (C=O) groups is 1. The van der Waals surface area contributed by atoms with Crippen molar-refractivity contribution < 1.29 is 9.53 Å². The summed E-state index contributed by atoms with van der Waals surface area (Å²) in [6, 6.07) is 0. The van der Waals surface area contributed by atoms with Gasteiger partial charge in [-0.3, -0.25) is 4.79 Å². The number of methoxy groups -OCH3 is 1. The Morgan fingerprint density at radius 1 is 1.56 bits per heavy atom. The second-order valence-corrected chi connectivity index (χ2v) is 4.51. The van der Waals surface area contributed by atoms with E-state index < -0.39 is 5.97 Å². The molecule has 96 valence electrons. The van der Waals surface area contributed by atoms with E-state index in [0.717, 1.165) is 0 Å². The number of hydrogen-bond donors (Lipinski definition) is 1.